The first kappa shape index (κ1) is 20.8. The van der Waals surface area contributed by atoms with Crippen LogP contribution in [-0.2, 0) is 0 Å². The van der Waals surface area contributed by atoms with Crippen molar-refractivity contribution in [2.24, 2.45) is 0 Å². The number of aryl methyl sites for hydroxylation is 1. The second-order valence-corrected chi connectivity index (χ2v) is 8.98. The monoisotopic (exact) mass is 427 g/mol. The third-order valence-electron chi connectivity index (χ3n) is 5.77. The number of rotatable bonds is 5. The van der Waals surface area contributed by atoms with Crippen molar-refractivity contribution >= 4 is 22.2 Å². The lowest BCUT2D eigenvalue weighted by atomic mass is 9.94. The molecule has 1 atom stereocenters. The largest absolute Gasteiger partial charge is 0.459 e. The Morgan fingerprint density at radius 3 is 2.47 bits per heavy atom. The highest BCUT2D eigenvalue weighted by atomic mass is 32.1. The lowest BCUT2D eigenvalue weighted by molar-refractivity contribution is 0.0996. The summed E-state index contributed by atoms with van der Waals surface area (Å²) in [6.07, 6.45) is 1.49. The van der Waals surface area contributed by atoms with Crippen LogP contribution in [0.15, 0.2) is 47.1 Å². The number of furan rings is 1. The first-order valence-electron chi connectivity index (χ1n) is 10.1. The van der Waals surface area contributed by atoms with E-state index >= 15 is 0 Å². The summed E-state index contributed by atoms with van der Waals surface area (Å²) in [6.45, 7) is 7.90. The van der Waals surface area contributed by atoms with Crippen LogP contribution in [0, 0.1) is 19.7 Å². The van der Waals surface area contributed by atoms with Gasteiger partial charge in [0.05, 0.1) is 12.3 Å². The lowest BCUT2D eigenvalue weighted by Crippen LogP contribution is -2.46. The number of thiophene rings is 1. The van der Waals surface area contributed by atoms with E-state index < -0.39 is 0 Å². The van der Waals surface area contributed by atoms with Crippen molar-refractivity contribution in [3.63, 3.8) is 0 Å². The molecule has 158 valence electrons. The summed E-state index contributed by atoms with van der Waals surface area (Å²) in [7, 11) is 2.12. The molecule has 0 unspecified atom stereocenters. The van der Waals surface area contributed by atoms with Crippen LogP contribution in [0.3, 0.4) is 0 Å². The number of halogens is 1. The summed E-state index contributed by atoms with van der Waals surface area (Å²) in [5, 5.41) is 3.88. The van der Waals surface area contributed by atoms with Gasteiger partial charge in [-0.3, -0.25) is 9.69 Å². The zero-order valence-electron chi connectivity index (χ0n) is 17.4. The Morgan fingerprint density at radius 1 is 1.13 bits per heavy atom. The number of nitrogens with zero attached hydrogens (tertiary/aromatic N) is 2. The first-order chi connectivity index (χ1) is 14.4. The van der Waals surface area contributed by atoms with E-state index in [9.17, 15) is 9.18 Å². The lowest BCUT2D eigenvalue weighted by Gasteiger charge is -2.39. The predicted octanol–water partition coefficient (Wildman–Crippen LogP) is 4.69. The minimum atomic E-state index is -0.265. The topological polar surface area (TPSA) is 48.7 Å². The molecule has 1 N–H and O–H groups in total. The molecule has 1 amide bonds. The summed E-state index contributed by atoms with van der Waals surface area (Å²) in [5.74, 6) is -0.234. The minimum absolute atomic E-state index is 0.0591. The van der Waals surface area contributed by atoms with Gasteiger partial charge in [0.15, 0.2) is 5.76 Å². The number of carbonyl (C=O) groups excluding carboxylic acids is 1. The normalized spacial score (nSPS) is 16.5. The number of benzene rings is 1. The Hall–Kier alpha value is -2.48. The Kier molecular flexibility index (Phi) is 6.04. The molecular formula is C23H26FN3O2S. The highest BCUT2D eigenvalue weighted by molar-refractivity contribution is 7.16. The molecule has 4 rings (SSSR count). The zero-order valence-corrected chi connectivity index (χ0v) is 18.3. The second-order valence-electron chi connectivity index (χ2n) is 7.75. The van der Waals surface area contributed by atoms with Gasteiger partial charge in [-0.1, -0.05) is 12.1 Å². The van der Waals surface area contributed by atoms with Crippen LogP contribution >= 0.6 is 11.3 Å². The molecule has 1 aromatic carbocycles. The highest BCUT2D eigenvalue weighted by Crippen LogP contribution is 2.42. The molecule has 1 fully saturated rings. The van der Waals surface area contributed by atoms with Gasteiger partial charge in [0, 0.05) is 36.6 Å². The summed E-state index contributed by atoms with van der Waals surface area (Å²) in [5.41, 5.74) is 3.26. The number of piperazine rings is 1. The number of amides is 1. The molecule has 0 aliphatic carbocycles. The van der Waals surface area contributed by atoms with Gasteiger partial charge in [0.1, 0.15) is 10.8 Å². The van der Waals surface area contributed by atoms with Crippen molar-refractivity contribution in [2.75, 3.05) is 38.5 Å². The van der Waals surface area contributed by atoms with E-state index in [-0.39, 0.29) is 23.5 Å². The number of carbonyl (C=O) groups is 1. The molecule has 3 heterocycles. The van der Waals surface area contributed by atoms with Crippen LogP contribution in [0.4, 0.5) is 9.39 Å². The molecule has 0 saturated carbocycles. The molecule has 1 saturated heterocycles. The number of hydrogen-bond acceptors (Lipinski definition) is 5. The van der Waals surface area contributed by atoms with Crippen molar-refractivity contribution in [1.29, 1.82) is 0 Å². The van der Waals surface area contributed by atoms with Gasteiger partial charge in [0.25, 0.3) is 5.91 Å². The van der Waals surface area contributed by atoms with Gasteiger partial charge in [-0.2, -0.15) is 0 Å². The third kappa shape index (κ3) is 4.19. The van der Waals surface area contributed by atoms with Crippen molar-refractivity contribution in [1.82, 2.24) is 9.80 Å². The fraction of sp³-hybridized carbons (Fsp3) is 0.348. The first-order valence-corrected chi connectivity index (χ1v) is 10.9. The average Bonchev–Trinajstić information content (AvgIpc) is 3.36. The maximum absolute atomic E-state index is 13.7. The summed E-state index contributed by atoms with van der Waals surface area (Å²) in [6, 6.07) is 10.0. The quantitative estimate of drug-likeness (QED) is 0.642. The Bertz CT molecular complexity index is 1010. The maximum atomic E-state index is 13.7. The predicted molar refractivity (Wildman–Crippen MR) is 118 cm³/mol. The van der Waals surface area contributed by atoms with Crippen LogP contribution in [0.2, 0.25) is 0 Å². The average molecular weight is 428 g/mol. The Labute approximate surface area is 180 Å². The van der Waals surface area contributed by atoms with Gasteiger partial charge >= 0.3 is 0 Å². The van der Waals surface area contributed by atoms with Gasteiger partial charge < -0.3 is 14.6 Å². The molecule has 0 radical (unpaired) electrons. The Balaban J connectivity index is 1.76. The van der Waals surface area contributed by atoms with E-state index in [1.807, 2.05) is 12.1 Å². The van der Waals surface area contributed by atoms with Crippen molar-refractivity contribution in [3.8, 4) is 0 Å². The van der Waals surface area contributed by atoms with Crippen LogP contribution in [0.1, 0.15) is 38.2 Å². The molecule has 2 aromatic heterocycles. The Morgan fingerprint density at radius 2 is 1.83 bits per heavy atom. The number of nitrogens with one attached hydrogen (secondary N) is 1. The molecule has 0 bridgehead atoms. The molecule has 7 heteroatoms. The molecule has 3 aromatic rings. The summed E-state index contributed by atoms with van der Waals surface area (Å²) in [4.78, 5) is 18.6. The smallest absolute Gasteiger partial charge is 0.291 e. The number of hydrogen-bond donors (Lipinski definition) is 1. The van der Waals surface area contributed by atoms with Crippen LogP contribution in [-0.4, -0.2) is 48.9 Å². The van der Waals surface area contributed by atoms with E-state index in [4.69, 9.17) is 4.42 Å². The molecule has 30 heavy (non-hydrogen) atoms. The summed E-state index contributed by atoms with van der Waals surface area (Å²) >= 11 is 1.57. The standard InChI is InChI=1S/C23H26FN3O2S/c1-15-16(2)30-23(25-22(28)19-5-4-14-29-19)20(15)21(17-6-8-18(24)9-7-17)27-12-10-26(3)11-13-27/h4-9,14,21H,10-13H2,1-3H3,(H,25,28)/t21-/m1/s1. The van der Waals surface area contributed by atoms with Crippen LogP contribution in [0.25, 0.3) is 0 Å². The van der Waals surface area contributed by atoms with E-state index in [1.165, 1.54) is 18.4 Å². The SMILES string of the molecule is Cc1sc(NC(=O)c2ccco2)c([C@@H](c2ccc(F)cc2)N2CCN(C)CC2)c1C. The highest BCUT2D eigenvalue weighted by Gasteiger charge is 2.31. The fourth-order valence-corrected chi connectivity index (χ4v) is 5.01. The van der Waals surface area contributed by atoms with Crippen molar-refractivity contribution in [3.05, 3.63) is 75.8 Å². The van der Waals surface area contributed by atoms with Crippen LogP contribution < -0.4 is 5.32 Å². The van der Waals surface area contributed by atoms with Crippen LogP contribution in [0.5, 0.6) is 0 Å². The zero-order chi connectivity index (χ0) is 21.3. The van der Waals surface area contributed by atoms with E-state index in [2.05, 4.69) is 36.0 Å². The number of anilines is 1. The molecule has 1 aliphatic heterocycles. The van der Waals surface area contributed by atoms with Gasteiger partial charge in [-0.05, 0) is 56.3 Å². The second kappa shape index (κ2) is 8.71. The molecular weight excluding hydrogens is 401 g/mol. The van der Waals surface area contributed by atoms with Crippen molar-refractivity contribution < 1.29 is 13.6 Å². The molecule has 1 aliphatic rings. The van der Waals surface area contributed by atoms with Gasteiger partial charge in [0.2, 0.25) is 0 Å². The maximum Gasteiger partial charge on any atom is 0.291 e. The minimum Gasteiger partial charge on any atom is -0.459 e. The van der Waals surface area contributed by atoms with E-state index in [0.29, 0.717) is 0 Å². The van der Waals surface area contributed by atoms with Gasteiger partial charge in [-0.25, -0.2) is 4.39 Å². The summed E-state index contributed by atoms with van der Waals surface area (Å²) < 4.78 is 18.9. The van der Waals surface area contributed by atoms with E-state index in [0.717, 1.165) is 52.7 Å². The van der Waals surface area contributed by atoms with Crippen molar-refractivity contribution in [2.45, 2.75) is 19.9 Å². The van der Waals surface area contributed by atoms with Gasteiger partial charge in [-0.15, -0.1) is 11.3 Å². The fourth-order valence-electron chi connectivity index (χ4n) is 3.92. The molecule has 5 nitrogen and oxygen atoms in total. The number of likely N-dealkylation sites (N-methyl/N-ethyl adjacent to an activating group) is 1. The molecule has 0 spiro atoms. The third-order valence-corrected chi connectivity index (χ3v) is 6.90. The van der Waals surface area contributed by atoms with E-state index in [1.54, 1.807) is 23.5 Å².